The highest BCUT2D eigenvalue weighted by atomic mass is 127. The van der Waals surface area contributed by atoms with Gasteiger partial charge in [-0.15, -0.1) is 24.0 Å². The third kappa shape index (κ3) is 7.93. The van der Waals surface area contributed by atoms with Gasteiger partial charge in [0, 0.05) is 48.8 Å². The Balaban J connectivity index is 0.00000364. The van der Waals surface area contributed by atoms with Crippen LogP contribution in [0.1, 0.15) is 32.4 Å². The average molecular weight is 528 g/mol. The molecule has 8 heteroatoms. The van der Waals surface area contributed by atoms with Gasteiger partial charge in [0.25, 0.3) is 0 Å². The van der Waals surface area contributed by atoms with E-state index in [1.807, 2.05) is 12.1 Å². The molecule has 1 fully saturated rings. The Morgan fingerprint density at radius 1 is 1.19 bits per heavy atom. The van der Waals surface area contributed by atoms with Crippen LogP contribution >= 0.6 is 47.2 Å². The molecule has 1 aliphatic heterocycles. The Kier molecular flexibility index (Phi) is 11.3. The normalized spacial score (nSPS) is 18.5. The molecule has 0 amide bonds. The highest BCUT2D eigenvalue weighted by Crippen LogP contribution is 2.26. The Morgan fingerprint density at radius 2 is 1.85 bits per heavy atom. The van der Waals surface area contributed by atoms with Crippen LogP contribution in [0.2, 0.25) is 10.0 Å². The first kappa shape index (κ1) is 24.8. The van der Waals surface area contributed by atoms with E-state index in [-0.39, 0.29) is 30.0 Å². The molecule has 2 unspecified atom stereocenters. The van der Waals surface area contributed by atoms with E-state index < -0.39 is 0 Å². The Hall–Kier alpha value is -0.280. The zero-order valence-corrected chi connectivity index (χ0v) is 20.5. The topological polar surface area (TPSA) is 42.9 Å². The first-order valence-corrected chi connectivity index (χ1v) is 10.1. The Morgan fingerprint density at radius 3 is 2.44 bits per heavy atom. The first-order chi connectivity index (χ1) is 12.4. The van der Waals surface area contributed by atoms with Gasteiger partial charge in [0.05, 0.1) is 12.6 Å². The third-order valence-corrected chi connectivity index (χ3v) is 5.36. The number of hydrogen-bond donors (Lipinski definition) is 2. The minimum absolute atomic E-state index is 0. The summed E-state index contributed by atoms with van der Waals surface area (Å²) in [4.78, 5) is 9.67. The highest BCUT2D eigenvalue weighted by molar-refractivity contribution is 14.0. The van der Waals surface area contributed by atoms with Crippen molar-refractivity contribution < 1.29 is 0 Å². The molecule has 2 N–H and O–H groups in total. The molecule has 0 saturated carbocycles. The van der Waals surface area contributed by atoms with Crippen molar-refractivity contribution in [2.75, 3.05) is 46.3 Å². The second kappa shape index (κ2) is 12.3. The molecule has 0 radical (unpaired) electrons. The van der Waals surface area contributed by atoms with Crippen LogP contribution in [-0.2, 0) is 0 Å². The van der Waals surface area contributed by atoms with Crippen LogP contribution in [0.25, 0.3) is 0 Å². The highest BCUT2D eigenvalue weighted by Gasteiger charge is 2.19. The maximum atomic E-state index is 6.33. The second-order valence-corrected chi connectivity index (χ2v) is 7.78. The van der Waals surface area contributed by atoms with Gasteiger partial charge in [-0.05, 0) is 45.5 Å². The number of benzene rings is 1. The van der Waals surface area contributed by atoms with E-state index in [2.05, 4.69) is 48.3 Å². The summed E-state index contributed by atoms with van der Waals surface area (Å²) < 4.78 is 0. The zero-order chi connectivity index (χ0) is 19.1. The largest absolute Gasteiger partial charge is 0.357 e. The van der Waals surface area contributed by atoms with E-state index in [1.54, 1.807) is 6.07 Å². The molecule has 1 heterocycles. The van der Waals surface area contributed by atoms with E-state index in [9.17, 15) is 0 Å². The van der Waals surface area contributed by atoms with Crippen LogP contribution in [0, 0.1) is 0 Å². The molecule has 0 spiro atoms. The molecule has 2 atom stereocenters. The minimum Gasteiger partial charge on any atom is -0.357 e. The summed E-state index contributed by atoms with van der Waals surface area (Å²) in [5.74, 6) is 0.812. The van der Waals surface area contributed by atoms with E-state index in [4.69, 9.17) is 28.2 Å². The monoisotopic (exact) mass is 527 g/mol. The Bertz CT molecular complexity index is 606. The van der Waals surface area contributed by atoms with Crippen LogP contribution in [0.4, 0.5) is 0 Å². The number of halogens is 3. The van der Waals surface area contributed by atoms with Gasteiger partial charge in [0.15, 0.2) is 5.96 Å². The number of nitrogens with zero attached hydrogens (tertiary/aromatic N) is 3. The van der Waals surface area contributed by atoms with E-state index in [0.717, 1.165) is 50.8 Å². The standard InChI is InChI=1S/C19H31Cl2N5.HI/c1-5-22-19(23-13-14(2)26-10-8-25(4)9-11-26)24-15(3)17-7-6-16(20)12-18(17)21;/h6-7,12,14-15H,5,8-11,13H2,1-4H3,(H2,22,23,24);1H. The van der Waals surface area contributed by atoms with Crippen molar-refractivity contribution in [3.8, 4) is 0 Å². The summed E-state index contributed by atoms with van der Waals surface area (Å²) in [5, 5.41) is 8.08. The Labute approximate surface area is 190 Å². The van der Waals surface area contributed by atoms with Gasteiger partial charge in [-0.3, -0.25) is 9.89 Å². The molecule has 1 saturated heterocycles. The van der Waals surface area contributed by atoms with Gasteiger partial charge in [-0.1, -0.05) is 29.3 Å². The fraction of sp³-hybridized carbons (Fsp3) is 0.632. The maximum absolute atomic E-state index is 6.33. The van der Waals surface area contributed by atoms with Crippen molar-refractivity contribution in [2.24, 2.45) is 4.99 Å². The lowest BCUT2D eigenvalue weighted by atomic mass is 10.1. The minimum atomic E-state index is 0. The molecule has 1 aliphatic rings. The number of rotatable bonds is 6. The van der Waals surface area contributed by atoms with Crippen molar-refractivity contribution in [3.05, 3.63) is 33.8 Å². The molecule has 27 heavy (non-hydrogen) atoms. The fourth-order valence-corrected chi connectivity index (χ4v) is 3.63. The van der Waals surface area contributed by atoms with Gasteiger partial charge in [0.1, 0.15) is 0 Å². The van der Waals surface area contributed by atoms with E-state index in [1.165, 1.54) is 0 Å². The quantitative estimate of drug-likeness (QED) is 0.335. The lowest BCUT2D eigenvalue weighted by Crippen LogP contribution is -2.49. The van der Waals surface area contributed by atoms with Crippen molar-refractivity contribution in [1.29, 1.82) is 0 Å². The lowest BCUT2D eigenvalue weighted by molar-refractivity contribution is 0.122. The van der Waals surface area contributed by atoms with Crippen molar-refractivity contribution >= 4 is 53.1 Å². The van der Waals surface area contributed by atoms with Crippen LogP contribution < -0.4 is 10.6 Å². The van der Waals surface area contributed by atoms with Gasteiger partial charge >= 0.3 is 0 Å². The number of guanidine groups is 1. The summed E-state index contributed by atoms with van der Waals surface area (Å²) in [6.07, 6.45) is 0. The lowest BCUT2D eigenvalue weighted by Gasteiger charge is -2.36. The summed E-state index contributed by atoms with van der Waals surface area (Å²) >= 11 is 12.3. The average Bonchev–Trinajstić information content (AvgIpc) is 2.60. The predicted molar refractivity (Wildman–Crippen MR) is 128 cm³/mol. The number of piperazine rings is 1. The van der Waals surface area contributed by atoms with Gasteiger partial charge < -0.3 is 15.5 Å². The summed E-state index contributed by atoms with van der Waals surface area (Å²) in [7, 11) is 2.18. The molecule has 1 aromatic carbocycles. The molecule has 2 rings (SSSR count). The third-order valence-electron chi connectivity index (χ3n) is 4.80. The van der Waals surface area contributed by atoms with Gasteiger partial charge in [-0.25, -0.2) is 0 Å². The molecule has 1 aromatic rings. The molecular formula is C19H32Cl2IN5. The summed E-state index contributed by atoms with van der Waals surface area (Å²) in [6.45, 7) is 12.4. The van der Waals surface area contributed by atoms with Gasteiger partial charge in [-0.2, -0.15) is 0 Å². The molecular weight excluding hydrogens is 496 g/mol. The first-order valence-electron chi connectivity index (χ1n) is 9.33. The summed E-state index contributed by atoms with van der Waals surface area (Å²) in [5.41, 5.74) is 1.01. The molecule has 0 aromatic heterocycles. The maximum Gasteiger partial charge on any atom is 0.191 e. The van der Waals surface area contributed by atoms with Gasteiger partial charge in [0.2, 0.25) is 0 Å². The second-order valence-electron chi connectivity index (χ2n) is 6.94. The number of nitrogens with one attached hydrogen (secondary N) is 2. The number of likely N-dealkylation sites (N-methyl/N-ethyl adjacent to an activating group) is 1. The van der Waals surface area contributed by atoms with Crippen LogP contribution in [-0.4, -0.2) is 68.1 Å². The molecule has 154 valence electrons. The van der Waals surface area contributed by atoms with E-state index in [0.29, 0.717) is 16.1 Å². The molecule has 0 aliphatic carbocycles. The SMILES string of the molecule is CCNC(=NCC(C)N1CCN(C)CC1)NC(C)c1ccc(Cl)cc1Cl.I. The van der Waals surface area contributed by atoms with Crippen molar-refractivity contribution in [3.63, 3.8) is 0 Å². The molecule has 0 bridgehead atoms. The smallest absolute Gasteiger partial charge is 0.191 e. The van der Waals surface area contributed by atoms with Crippen LogP contribution in [0.5, 0.6) is 0 Å². The van der Waals surface area contributed by atoms with Crippen molar-refractivity contribution in [2.45, 2.75) is 32.9 Å². The number of aliphatic imine (C=N–C) groups is 1. The predicted octanol–water partition coefficient (Wildman–Crippen LogP) is 3.86. The van der Waals surface area contributed by atoms with Crippen LogP contribution in [0.3, 0.4) is 0 Å². The summed E-state index contributed by atoms with van der Waals surface area (Å²) in [6, 6.07) is 6.06. The molecule has 5 nitrogen and oxygen atoms in total. The zero-order valence-electron chi connectivity index (χ0n) is 16.6. The van der Waals surface area contributed by atoms with E-state index >= 15 is 0 Å². The fourth-order valence-electron chi connectivity index (χ4n) is 3.06. The van der Waals surface area contributed by atoms with Crippen LogP contribution in [0.15, 0.2) is 23.2 Å². The number of hydrogen-bond acceptors (Lipinski definition) is 3. The van der Waals surface area contributed by atoms with Crippen molar-refractivity contribution in [1.82, 2.24) is 20.4 Å².